The molecule has 1 aromatic carbocycles. The zero-order valence-corrected chi connectivity index (χ0v) is 14.3. The molecule has 0 aliphatic carbocycles. The zero-order chi connectivity index (χ0) is 15.5. The summed E-state index contributed by atoms with van der Waals surface area (Å²) >= 11 is 7.68. The average molecular weight is 337 g/mol. The second kappa shape index (κ2) is 7.09. The molecule has 5 heteroatoms. The van der Waals surface area contributed by atoms with Gasteiger partial charge in [-0.25, -0.2) is 4.98 Å². The molecule has 118 valence electrons. The number of aromatic nitrogens is 1. The smallest absolute Gasteiger partial charge is 0.0897 e. The molecule has 1 aromatic heterocycles. The van der Waals surface area contributed by atoms with Crippen molar-refractivity contribution in [2.45, 2.75) is 32.4 Å². The number of halogens is 1. The third kappa shape index (κ3) is 3.87. The molecule has 2 heterocycles. The Bertz CT molecular complexity index is 605. The van der Waals surface area contributed by atoms with E-state index < -0.39 is 0 Å². The van der Waals surface area contributed by atoms with Crippen LogP contribution in [0.25, 0.3) is 0 Å². The highest BCUT2D eigenvalue weighted by Gasteiger charge is 2.26. The Kier molecular flexibility index (Phi) is 5.14. The van der Waals surface area contributed by atoms with Crippen LogP contribution >= 0.6 is 22.9 Å². The fourth-order valence-corrected chi connectivity index (χ4v) is 4.02. The maximum atomic E-state index is 10.5. The number of aliphatic hydroxyl groups is 1. The number of aryl methyl sites for hydroxylation is 1. The van der Waals surface area contributed by atoms with Crippen LogP contribution in [0.1, 0.15) is 34.4 Å². The molecule has 1 saturated heterocycles. The summed E-state index contributed by atoms with van der Waals surface area (Å²) in [5.41, 5.74) is 0.973. The Morgan fingerprint density at radius 1 is 1.32 bits per heavy atom. The summed E-state index contributed by atoms with van der Waals surface area (Å²) in [4.78, 5) is 8.10. The van der Waals surface area contributed by atoms with Crippen molar-refractivity contribution in [1.82, 2.24) is 9.88 Å². The van der Waals surface area contributed by atoms with Gasteiger partial charge in [0.15, 0.2) is 0 Å². The molecular weight excluding hydrogens is 316 g/mol. The molecule has 0 spiro atoms. The lowest BCUT2D eigenvalue weighted by atomic mass is 9.87. The van der Waals surface area contributed by atoms with Gasteiger partial charge in [-0.3, -0.25) is 4.90 Å². The van der Waals surface area contributed by atoms with Gasteiger partial charge in [0.05, 0.1) is 11.1 Å². The number of hydrogen-bond donors (Lipinski definition) is 1. The van der Waals surface area contributed by atoms with Crippen molar-refractivity contribution in [2.75, 3.05) is 13.1 Å². The number of likely N-dealkylation sites (tertiary alicyclic amines) is 1. The van der Waals surface area contributed by atoms with E-state index in [0.29, 0.717) is 10.9 Å². The normalized spacial score (nSPS) is 18.5. The number of nitrogens with zero attached hydrogens (tertiary/aromatic N) is 2. The minimum Gasteiger partial charge on any atom is -0.388 e. The summed E-state index contributed by atoms with van der Waals surface area (Å²) in [6.07, 6.45) is 3.66. The molecule has 1 unspecified atom stereocenters. The van der Waals surface area contributed by atoms with E-state index in [9.17, 15) is 5.11 Å². The standard InChI is InChI=1S/C17H21ClN2OS/c1-12-19-10-16(22-12)11-20-8-6-14(7-9-20)17(21)13-2-4-15(18)5-3-13/h2-5,10,14,17,21H,6-9,11H2,1H3. The number of aliphatic hydroxyl groups excluding tert-OH is 1. The lowest BCUT2D eigenvalue weighted by Gasteiger charge is -2.34. The van der Waals surface area contributed by atoms with Crippen LogP contribution in [0.15, 0.2) is 30.5 Å². The van der Waals surface area contributed by atoms with E-state index >= 15 is 0 Å². The van der Waals surface area contributed by atoms with E-state index in [4.69, 9.17) is 11.6 Å². The van der Waals surface area contributed by atoms with Crippen LogP contribution in [0.3, 0.4) is 0 Å². The molecule has 1 aliphatic rings. The van der Waals surface area contributed by atoms with E-state index in [1.807, 2.05) is 37.4 Å². The van der Waals surface area contributed by atoms with Gasteiger partial charge in [-0.1, -0.05) is 23.7 Å². The van der Waals surface area contributed by atoms with Gasteiger partial charge in [0, 0.05) is 22.6 Å². The molecule has 1 atom stereocenters. The maximum Gasteiger partial charge on any atom is 0.0897 e. The van der Waals surface area contributed by atoms with Gasteiger partial charge in [0.25, 0.3) is 0 Å². The summed E-state index contributed by atoms with van der Waals surface area (Å²) in [5, 5.41) is 12.4. The van der Waals surface area contributed by atoms with Gasteiger partial charge in [0.2, 0.25) is 0 Å². The quantitative estimate of drug-likeness (QED) is 0.915. The van der Waals surface area contributed by atoms with E-state index in [2.05, 4.69) is 9.88 Å². The summed E-state index contributed by atoms with van der Waals surface area (Å²) in [6, 6.07) is 7.56. The maximum absolute atomic E-state index is 10.5. The summed E-state index contributed by atoms with van der Waals surface area (Å²) in [7, 11) is 0. The molecule has 1 aliphatic heterocycles. The minimum atomic E-state index is -0.384. The molecular formula is C17H21ClN2OS. The largest absolute Gasteiger partial charge is 0.388 e. The molecule has 0 radical (unpaired) electrons. The second-order valence-corrected chi connectivity index (χ2v) is 7.71. The summed E-state index contributed by atoms with van der Waals surface area (Å²) in [6.45, 7) is 5.09. The van der Waals surface area contributed by atoms with Gasteiger partial charge >= 0.3 is 0 Å². The summed E-state index contributed by atoms with van der Waals surface area (Å²) < 4.78 is 0. The molecule has 22 heavy (non-hydrogen) atoms. The van der Waals surface area contributed by atoms with Crippen molar-refractivity contribution < 1.29 is 5.11 Å². The SMILES string of the molecule is Cc1ncc(CN2CCC(C(O)c3ccc(Cl)cc3)CC2)s1. The third-order valence-electron chi connectivity index (χ3n) is 4.34. The van der Waals surface area contributed by atoms with Crippen LogP contribution in [0.5, 0.6) is 0 Å². The average Bonchev–Trinajstić information content (AvgIpc) is 2.93. The monoisotopic (exact) mass is 336 g/mol. The molecule has 1 N–H and O–H groups in total. The van der Waals surface area contributed by atoms with Crippen molar-refractivity contribution in [3.8, 4) is 0 Å². The fourth-order valence-electron chi connectivity index (χ4n) is 3.06. The zero-order valence-electron chi connectivity index (χ0n) is 12.7. The Balaban J connectivity index is 1.53. The molecule has 3 rings (SSSR count). The fraction of sp³-hybridized carbons (Fsp3) is 0.471. The number of piperidine rings is 1. The highest BCUT2D eigenvalue weighted by Crippen LogP contribution is 2.32. The first kappa shape index (κ1) is 15.9. The first-order valence-corrected chi connectivity index (χ1v) is 8.88. The first-order chi connectivity index (χ1) is 10.6. The predicted molar refractivity (Wildman–Crippen MR) is 91.3 cm³/mol. The van der Waals surface area contributed by atoms with Gasteiger partial charge in [-0.05, 0) is 56.5 Å². The van der Waals surface area contributed by atoms with E-state index in [0.717, 1.165) is 43.0 Å². The Morgan fingerprint density at radius 3 is 2.59 bits per heavy atom. The van der Waals surface area contributed by atoms with Crippen LogP contribution in [-0.4, -0.2) is 28.1 Å². The van der Waals surface area contributed by atoms with E-state index in [1.54, 1.807) is 11.3 Å². The molecule has 0 bridgehead atoms. The van der Waals surface area contributed by atoms with Crippen molar-refractivity contribution >= 4 is 22.9 Å². The van der Waals surface area contributed by atoms with Gasteiger partial charge in [0.1, 0.15) is 0 Å². The molecule has 1 fully saturated rings. The second-order valence-electron chi connectivity index (χ2n) is 5.96. The highest BCUT2D eigenvalue weighted by atomic mass is 35.5. The number of rotatable bonds is 4. The lowest BCUT2D eigenvalue weighted by molar-refractivity contribution is 0.0570. The van der Waals surface area contributed by atoms with Crippen molar-refractivity contribution in [3.05, 3.63) is 50.9 Å². The van der Waals surface area contributed by atoms with E-state index in [-0.39, 0.29) is 6.10 Å². The van der Waals surface area contributed by atoms with Gasteiger partial charge < -0.3 is 5.11 Å². The van der Waals surface area contributed by atoms with Crippen LogP contribution in [-0.2, 0) is 6.54 Å². The molecule has 0 amide bonds. The Morgan fingerprint density at radius 2 is 2.00 bits per heavy atom. The van der Waals surface area contributed by atoms with Crippen LogP contribution in [0.4, 0.5) is 0 Å². The minimum absolute atomic E-state index is 0.334. The number of thiazole rings is 1. The van der Waals surface area contributed by atoms with Crippen LogP contribution in [0.2, 0.25) is 5.02 Å². The van der Waals surface area contributed by atoms with Crippen LogP contribution < -0.4 is 0 Å². The molecule has 0 saturated carbocycles. The van der Waals surface area contributed by atoms with Crippen molar-refractivity contribution in [2.24, 2.45) is 5.92 Å². The van der Waals surface area contributed by atoms with Crippen molar-refractivity contribution in [1.29, 1.82) is 0 Å². The van der Waals surface area contributed by atoms with E-state index in [1.165, 1.54) is 4.88 Å². The number of benzene rings is 1. The van der Waals surface area contributed by atoms with Crippen LogP contribution in [0, 0.1) is 12.8 Å². The topological polar surface area (TPSA) is 36.4 Å². The van der Waals surface area contributed by atoms with Gasteiger partial charge in [-0.2, -0.15) is 0 Å². The summed E-state index contributed by atoms with van der Waals surface area (Å²) in [5.74, 6) is 0.334. The number of hydrogen-bond acceptors (Lipinski definition) is 4. The van der Waals surface area contributed by atoms with Crippen molar-refractivity contribution in [3.63, 3.8) is 0 Å². The first-order valence-electron chi connectivity index (χ1n) is 7.69. The van der Waals surface area contributed by atoms with Gasteiger partial charge in [-0.15, -0.1) is 11.3 Å². The predicted octanol–water partition coefficient (Wildman–Crippen LogP) is 4.05. The molecule has 2 aromatic rings. The Hall–Kier alpha value is -0.940. The highest BCUT2D eigenvalue weighted by molar-refractivity contribution is 7.11. The molecule has 3 nitrogen and oxygen atoms in total. The Labute approximate surface area is 140 Å². The lowest BCUT2D eigenvalue weighted by Crippen LogP contribution is -2.35. The third-order valence-corrected chi connectivity index (χ3v) is 5.49.